The molecule has 0 bridgehead atoms. The van der Waals surface area contributed by atoms with Gasteiger partial charge in [0.05, 0.1) is 62.8 Å². The number of rotatable bonds is 21. The number of nitrogens with zero attached hydrogens (tertiary/aromatic N) is 3. The second kappa shape index (κ2) is 31.3. The van der Waals surface area contributed by atoms with Gasteiger partial charge in [0.2, 0.25) is 0 Å². The van der Waals surface area contributed by atoms with Gasteiger partial charge in [-0.3, -0.25) is 19.2 Å². The van der Waals surface area contributed by atoms with Crippen LogP contribution in [0.1, 0.15) is 67.7 Å². The molecular weight excluding hydrogens is 1300 g/mol. The molecule has 6 rings (SSSR count). The molecule has 0 spiro atoms. The molecule has 23 heteroatoms. The van der Waals surface area contributed by atoms with Crippen LogP contribution < -0.4 is 35.5 Å². The van der Waals surface area contributed by atoms with Crippen LogP contribution in [-0.4, -0.2) is 66.8 Å². The van der Waals surface area contributed by atoms with E-state index < -0.39 is 30.4 Å². The number of anilines is 3. The maximum absolute atomic E-state index is 12.0. The number of nitrogens with one attached hydrogen (secondary N) is 4. The first kappa shape index (κ1) is 62.5. The summed E-state index contributed by atoms with van der Waals surface area (Å²) in [7, 11) is 5.33. The molecule has 0 atom stereocenters. The van der Waals surface area contributed by atoms with Crippen LogP contribution in [0.5, 0.6) is 17.2 Å². The van der Waals surface area contributed by atoms with Crippen molar-refractivity contribution in [2.24, 2.45) is 0 Å². The van der Waals surface area contributed by atoms with Crippen molar-refractivity contribution in [2.45, 2.75) is 45.5 Å². The molecule has 0 aliphatic rings. The number of carbonyl (C=O) groups is 4. The third-order valence-electron chi connectivity index (χ3n) is 10.4. The maximum atomic E-state index is 12.0. The summed E-state index contributed by atoms with van der Waals surface area (Å²) >= 11 is 26.1. The summed E-state index contributed by atoms with van der Waals surface area (Å²) < 4.78 is 20.0. The van der Waals surface area contributed by atoms with E-state index in [2.05, 4.69) is 103 Å². The van der Waals surface area contributed by atoms with Gasteiger partial charge in [0, 0.05) is 56.6 Å². The maximum Gasteiger partial charge on any atom is 0.322 e. The van der Waals surface area contributed by atoms with Gasteiger partial charge in [-0.1, -0.05) is 23.2 Å². The average molecular weight is 1340 g/mol. The number of ether oxygens (including phenoxy) is 3. The lowest BCUT2D eigenvalue weighted by molar-refractivity contribution is -0.138. The summed E-state index contributed by atoms with van der Waals surface area (Å²) in [5.41, 5.74) is 8.44. The number of hydrogen-bond donors (Lipinski definition) is 7. The second-order valence-electron chi connectivity index (χ2n) is 16.1. The van der Waals surface area contributed by atoms with Gasteiger partial charge in [0.1, 0.15) is 37.9 Å². The Kier molecular flexibility index (Phi) is 25.4. The number of aryl methyl sites for hydroxylation is 2. The largest absolute Gasteiger partial charge is 0.487 e. The summed E-state index contributed by atoms with van der Waals surface area (Å²) in [5.74, 6) is -1.90. The van der Waals surface area contributed by atoms with E-state index in [0.717, 1.165) is 53.8 Å². The molecule has 400 valence electrons. The molecule has 17 nitrogen and oxygen atoms in total. The number of carboxylic acids is 3. The number of benzene rings is 6. The molecule has 0 saturated carbocycles. The van der Waals surface area contributed by atoms with Gasteiger partial charge in [-0.2, -0.15) is 15.8 Å². The summed E-state index contributed by atoms with van der Waals surface area (Å²) in [4.78, 5) is 43.9. The zero-order valence-corrected chi connectivity index (χ0v) is 49.0. The monoisotopic (exact) mass is 1340 g/mol. The van der Waals surface area contributed by atoms with Crippen molar-refractivity contribution in [1.29, 1.82) is 15.8 Å². The number of aliphatic carboxylic acids is 3. The smallest absolute Gasteiger partial charge is 0.322 e. The van der Waals surface area contributed by atoms with E-state index in [9.17, 15) is 19.2 Å². The number of nitriles is 3. The highest BCUT2D eigenvalue weighted by Gasteiger charge is 2.17. The molecule has 6 aromatic carbocycles. The van der Waals surface area contributed by atoms with E-state index in [1.165, 1.54) is 0 Å². The lowest BCUT2D eigenvalue weighted by Crippen LogP contribution is -2.29. The zero-order valence-electron chi connectivity index (χ0n) is 41.1. The van der Waals surface area contributed by atoms with Crippen LogP contribution >= 0.6 is 86.9 Å². The Morgan fingerprint density at radius 2 is 0.818 bits per heavy atom. The van der Waals surface area contributed by atoms with Crippen LogP contribution in [0.3, 0.4) is 0 Å². The second-order valence-corrected chi connectivity index (χ2v) is 20.3. The normalized spacial score (nSPS) is 10.1. The van der Waals surface area contributed by atoms with E-state index >= 15 is 0 Å². The Morgan fingerprint density at radius 1 is 0.481 bits per heavy atom. The molecule has 0 radical (unpaired) electrons. The fraction of sp³-hybridized carbons (Fsp3) is 0.204. The fourth-order valence-corrected chi connectivity index (χ4v) is 10.4. The Bertz CT molecular complexity index is 3070. The van der Waals surface area contributed by atoms with Crippen molar-refractivity contribution in [2.75, 3.05) is 43.6 Å². The minimum absolute atomic E-state index is 0.000603. The zero-order chi connectivity index (χ0) is 56.8. The molecule has 0 aliphatic heterocycles. The van der Waals surface area contributed by atoms with Gasteiger partial charge < -0.3 is 50.8 Å². The summed E-state index contributed by atoms with van der Waals surface area (Å²) in [5, 5.41) is 65.4. The lowest BCUT2D eigenvalue weighted by Gasteiger charge is -2.13. The van der Waals surface area contributed by atoms with E-state index in [1.54, 1.807) is 81.8 Å². The van der Waals surface area contributed by atoms with E-state index in [0.29, 0.717) is 72.4 Å². The van der Waals surface area contributed by atoms with E-state index in [4.69, 9.17) is 68.5 Å². The van der Waals surface area contributed by atoms with Crippen molar-refractivity contribution in [3.63, 3.8) is 0 Å². The molecule has 0 fully saturated rings. The van der Waals surface area contributed by atoms with Crippen LogP contribution in [0.4, 0.5) is 17.1 Å². The van der Waals surface area contributed by atoms with Crippen LogP contribution in [-0.2, 0) is 47.0 Å². The SMILES string of the molecule is CNc1cc(C#N)cc(COc2c(Br)cc(C(=O)NCC(=O)O)cc2Br)c1.CNc1cc(C#N)cc(COc2c(Br)cc(CCC(=O)O)cc2Br)c1.CNc1cc(C#N)cc(COc2c(Cl)cc(CCC(=O)O)cc2Cl)c1. The highest BCUT2D eigenvalue weighted by Crippen LogP contribution is 2.38. The molecule has 0 heterocycles. The first-order chi connectivity index (χ1) is 36.7. The topological polar surface area (TPSA) is 276 Å². The van der Waals surface area contributed by atoms with Gasteiger partial charge >= 0.3 is 17.9 Å². The molecule has 7 N–H and O–H groups in total. The molecule has 1 amide bonds. The molecule has 6 aromatic rings. The van der Waals surface area contributed by atoms with Gasteiger partial charge in [-0.15, -0.1) is 0 Å². The van der Waals surface area contributed by atoms with E-state index in [-0.39, 0.29) is 31.6 Å². The number of amides is 1. The predicted octanol–water partition coefficient (Wildman–Crippen LogP) is 12.7. The first-order valence-electron chi connectivity index (χ1n) is 22.6. The Labute approximate surface area is 487 Å². The summed E-state index contributed by atoms with van der Waals surface area (Å²) in [6, 6.07) is 32.6. The van der Waals surface area contributed by atoms with Crippen molar-refractivity contribution < 1.29 is 48.7 Å². The highest BCUT2D eigenvalue weighted by molar-refractivity contribution is 9.11. The Morgan fingerprint density at radius 3 is 1.14 bits per heavy atom. The third-order valence-corrected chi connectivity index (χ3v) is 13.3. The average Bonchev–Trinajstić information content (AvgIpc) is 3.40. The Balaban J connectivity index is 0.000000250. The predicted molar refractivity (Wildman–Crippen MR) is 307 cm³/mol. The van der Waals surface area contributed by atoms with Crippen molar-refractivity contribution >= 4 is 128 Å². The standard InChI is InChI=1S/C18H15Br2N3O4.C18H16Br2N2O3.C18H16Cl2N2O3/c1-22-13-3-10(7-21)2-11(4-13)9-27-17-14(19)5-12(6-15(17)20)18(26)23-8-16(24)25;2*1-22-14-5-12(9-21)4-13(6-14)10-25-18-15(19)7-11(8-16(18)20)2-3-17(23)24/h2-6,22H,8-9H2,1H3,(H,23,26)(H,24,25);2*4-8,22H,2-3,10H2,1H3,(H,23,24). The third kappa shape index (κ3) is 20.5. The first-order valence-corrected chi connectivity index (χ1v) is 26.5. The molecule has 0 aliphatic carbocycles. The lowest BCUT2D eigenvalue weighted by atomic mass is 10.1. The van der Waals surface area contributed by atoms with Crippen LogP contribution in [0.25, 0.3) is 0 Å². The fourth-order valence-electron chi connectivity index (χ4n) is 6.80. The van der Waals surface area contributed by atoms with Gasteiger partial charge in [-0.05, 0) is 195 Å². The van der Waals surface area contributed by atoms with Gasteiger partial charge in [0.25, 0.3) is 5.91 Å². The van der Waals surface area contributed by atoms with Crippen LogP contribution in [0.15, 0.2) is 109 Å². The number of carboxylic acid groups (broad SMARTS) is 3. The Hall–Kier alpha value is -7.03. The molecule has 0 unspecified atom stereocenters. The number of hydrogen-bond acceptors (Lipinski definition) is 13. The molecular formula is C54H47Br4Cl2N7O10. The molecule has 0 saturated heterocycles. The highest BCUT2D eigenvalue weighted by atomic mass is 79.9. The van der Waals surface area contributed by atoms with Crippen molar-refractivity contribution in [3.05, 3.63) is 169 Å². The number of carbonyl (C=O) groups excluding carboxylic acids is 1. The quantitative estimate of drug-likeness (QED) is 0.0353. The van der Waals surface area contributed by atoms with E-state index in [1.807, 2.05) is 30.3 Å². The van der Waals surface area contributed by atoms with Gasteiger partial charge in [0.15, 0.2) is 5.75 Å². The number of halogens is 6. The minimum atomic E-state index is -1.12. The minimum Gasteiger partial charge on any atom is -0.487 e. The molecule has 77 heavy (non-hydrogen) atoms. The van der Waals surface area contributed by atoms with Crippen LogP contribution in [0, 0.1) is 34.0 Å². The summed E-state index contributed by atoms with van der Waals surface area (Å²) in [6.45, 7) is 0.245. The van der Waals surface area contributed by atoms with Crippen molar-refractivity contribution in [3.8, 4) is 35.5 Å². The van der Waals surface area contributed by atoms with Crippen molar-refractivity contribution in [1.82, 2.24) is 5.32 Å². The van der Waals surface area contributed by atoms with Gasteiger partial charge in [-0.25, -0.2) is 0 Å². The summed E-state index contributed by atoms with van der Waals surface area (Å²) in [6.07, 6.45) is 0.862. The molecule has 0 aromatic heterocycles. The van der Waals surface area contributed by atoms with Crippen LogP contribution in [0.2, 0.25) is 10.0 Å².